The number of nitrogens with zero attached hydrogens (tertiary/aromatic N) is 1. The number of ketones is 1. The van der Waals surface area contributed by atoms with Crippen LogP contribution < -0.4 is 0 Å². The van der Waals surface area contributed by atoms with Crippen molar-refractivity contribution in [3.05, 3.63) is 92.7 Å². The van der Waals surface area contributed by atoms with E-state index >= 15 is 0 Å². The van der Waals surface area contributed by atoms with Crippen molar-refractivity contribution >= 4 is 23.0 Å². The Labute approximate surface area is 157 Å². The number of carbonyl (C=O) groups excluding carboxylic acids is 2. The lowest BCUT2D eigenvalue weighted by Gasteiger charge is -2.18. The number of hydrogen-bond acceptors (Lipinski definition) is 3. The van der Waals surface area contributed by atoms with E-state index in [0.29, 0.717) is 23.2 Å². The van der Waals surface area contributed by atoms with Gasteiger partial charge in [0.2, 0.25) is 0 Å². The highest BCUT2D eigenvalue weighted by Crippen LogP contribution is 2.20. The van der Waals surface area contributed by atoms with Crippen molar-refractivity contribution in [3.63, 3.8) is 0 Å². The van der Waals surface area contributed by atoms with Gasteiger partial charge in [-0.25, -0.2) is 0 Å². The first-order chi connectivity index (χ1) is 12.5. The molecule has 2 aromatic carbocycles. The molecule has 1 heterocycles. The fourth-order valence-corrected chi connectivity index (χ4v) is 3.58. The fraction of sp³-hybridized carbons (Fsp3) is 0.182. The number of benzene rings is 2. The summed E-state index contributed by atoms with van der Waals surface area (Å²) in [6.45, 7) is 4.53. The van der Waals surface area contributed by atoms with Gasteiger partial charge in [-0.15, -0.1) is 11.3 Å². The third kappa shape index (κ3) is 3.75. The minimum atomic E-state index is -0.147. The Bertz CT molecular complexity index is 945. The lowest BCUT2D eigenvalue weighted by Crippen LogP contribution is -2.27. The van der Waals surface area contributed by atoms with Crippen LogP contribution in [0.4, 0.5) is 0 Å². The summed E-state index contributed by atoms with van der Waals surface area (Å²) in [5, 5.41) is 1.99. The van der Waals surface area contributed by atoms with E-state index in [-0.39, 0.29) is 11.7 Å². The Balaban J connectivity index is 1.91. The molecular formula is C22H21NO2S. The smallest absolute Gasteiger partial charge is 0.254 e. The third-order valence-electron chi connectivity index (χ3n) is 4.49. The van der Waals surface area contributed by atoms with E-state index < -0.39 is 0 Å². The predicted molar refractivity (Wildman–Crippen MR) is 106 cm³/mol. The zero-order valence-corrected chi connectivity index (χ0v) is 16.0. The maximum absolute atomic E-state index is 13.0. The normalized spacial score (nSPS) is 10.6. The van der Waals surface area contributed by atoms with Crippen LogP contribution in [0, 0.1) is 13.8 Å². The molecule has 3 rings (SSSR count). The van der Waals surface area contributed by atoms with Gasteiger partial charge in [-0.1, -0.05) is 36.4 Å². The van der Waals surface area contributed by atoms with Crippen molar-refractivity contribution in [2.75, 3.05) is 7.05 Å². The highest BCUT2D eigenvalue weighted by Gasteiger charge is 2.21. The summed E-state index contributed by atoms with van der Waals surface area (Å²) in [5.41, 5.74) is 3.69. The van der Waals surface area contributed by atoms with Crippen molar-refractivity contribution in [1.82, 2.24) is 4.90 Å². The number of aryl methyl sites for hydroxylation is 2. The molecule has 1 aromatic heterocycles. The van der Waals surface area contributed by atoms with E-state index in [2.05, 4.69) is 0 Å². The Morgan fingerprint density at radius 3 is 2.31 bits per heavy atom. The number of amides is 1. The van der Waals surface area contributed by atoms with Crippen molar-refractivity contribution in [2.24, 2.45) is 0 Å². The highest BCUT2D eigenvalue weighted by atomic mass is 32.1. The molecule has 0 radical (unpaired) electrons. The summed E-state index contributed by atoms with van der Waals surface area (Å²) in [7, 11) is 1.76. The van der Waals surface area contributed by atoms with Gasteiger partial charge in [-0.3, -0.25) is 9.59 Å². The van der Waals surface area contributed by atoms with E-state index in [4.69, 9.17) is 0 Å². The minimum Gasteiger partial charge on any atom is -0.337 e. The number of hydrogen-bond donors (Lipinski definition) is 0. The van der Waals surface area contributed by atoms with Gasteiger partial charge in [-0.2, -0.15) is 0 Å². The number of carbonyl (C=O) groups is 2. The molecule has 0 atom stereocenters. The molecule has 0 bridgehead atoms. The molecule has 0 fully saturated rings. The van der Waals surface area contributed by atoms with Gasteiger partial charge in [0.15, 0.2) is 5.78 Å². The fourth-order valence-electron chi connectivity index (χ4n) is 2.82. The van der Waals surface area contributed by atoms with Crippen LogP contribution >= 0.6 is 11.3 Å². The van der Waals surface area contributed by atoms with E-state index in [0.717, 1.165) is 16.0 Å². The zero-order chi connectivity index (χ0) is 18.7. The lowest BCUT2D eigenvalue weighted by atomic mass is 9.95. The van der Waals surface area contributed by atoms with Crippen molar-refractivity contribution in [1.29, 1.82) is 0 Å². The second-order valence-electron chi connectivity index (χ2n) is 6.41. The second-order valence-corrected chi connectivity index (χ2v) is 7.45. The van der Waals surface area contributed by atoms with Gasteiger partial charge >= 0.3 is 0 Å². The van der Waals surface area contributed by atoms with Crippen LogP contribution in [0.3, 0.4) is 0 Å². The highest BCUT2D eigenvalue weighted by molar-refractivity contribution is 7.09. The zero-order valence-electron chi connectivity index (χ0n) is 15.2. The van der Waals surface area contributed by atoms with Gasteiger partial charge < -0.3 is 4.90 Å². The van der Waals surface area contributed by atoms with Gasteiger partial charge in [0.25, 0.3) is 5.91 Å². The molecule has 0 saturated heterocycles. The van der Waals surface area contributed by atoms with Crippen LogP contribution in [-0.2, 0) is 6.54 Å². The molecule has 0 aliphatic carbocycles. The molecule has 0 saturated carbocycles. The quantitative estimate of drug-likeness (QED) is 0.607. The largest absolute Gasteiger partial charge is 0.337 e. The summed E-state index contributed by atoms with van der Waals surface area (Å²) < 4.78 is 0. The first-order valence-corrected chi connectivity index (χ1v) is 9.34. The SMILES string of the molecule is Cc1ccc(C(=O)c2ccccc2C(=O)N(C)Cc2cccs2)cc1C. The number of thiophene rings is 1. The molecule has 0 aliphatic heterocycles. The molecule has 0 spiro atoms. The van der Waals surface area contributed by atoms with Crippen LogP contribution in [0.25, 0.3) is 0 Å². The standard InChI is InChI=1S/C22H21NO2S/c1-15-10-11-17(13-16(15)2)21(24)19-8-4-5-9-20(19)22(25)23(3)14-18-7-6-12-26-18/h4-13H,14H2,1-3H3. The molecule has 3 aromatic rings. The van der Waals surface area contributed by atoms with E-state index in [9.17, 15) is 9.59 Å². The summed E-state index contributed by atoms with van der Waals surface area (Å²) in [5.74, 6) is -0.271. The van der Waals surface area contributed by atoms with Gasteiger partial charge in [0.05, 0.1) is 12.1 Å². The Morgan fingerprint density at radius 1 is 0.923 bits per heavy atom. The molecule has 0 unspecified atom stereocenters. The summed E-state index contributed by atoms with van der Waals surface area (Å²) in [6.07, 6.45) is 0. The first kappa shape index (κ1) is 18.1. The van der Waals surface area contributed by atoms with Crippen LogP contribution in [0.1, 0.15) is 42.3 Å². The van der Waals surface area contributed by atoms with Gasteiger partial charge in [0, 0.05) is 23.1 Å². The lowest BCUT2D eigenvalue weighted by molar-refractivity contribution is 0.0782. The van der Waals surface area contributed by atoms with Crippen LogP contribution in [-0.4, -0.2) is 23.6 Å². The average Bonchev–Trinajstić information content (AvgIpc) is 3.15. The van der Waals surface area contributed by atoms with Crippen molar-refractivity contribution in [3.8, 4) is 0 Å². The molecular weight excluding hydrogens is 342 g/mol. The maximum atomic E-state index is 13.0. The molecule has 1 amide bonds. The summed E-state index contributed by atoms with van der Waals surface area (Å²) >= 11 is 1.61. The third-order valence-corrected chi connectivity index (χ3v) is 5.35. The molecule has 0 aliphatic rings. The number of rotatable bonds is 5. The van der Waals surface area contributed by atoms with Gasteiger partial charge in [0.1, 0.15) is 0 Å². The van der Waals surface area contributed by atoms with E-state index in [1.165, 1.54) is 0 Å². The van der Waals surface area contributed by atoms with Crippen molar-refractivity contribution in [2.45, 2.75) is 20.4 Å². The second kappa shape index (κ2) is 7.67. The van der Waals surface area contributed by atoms with Gasteiger partial charge in [-0.05, 0) is 48.6 Å². The van der Waals surface area contributed by atoms with E-state index in [1.807, 2.05) is 49.6 Å². The average molecular weight is 363 g/mol. The molecule has 4 heteroatoms. The van der Waals surface area contributed by atoms with Crippen LogP contribution in [0.15, 0.2) is 60.0 Å². The van der Waals surface area contributed by atoms with Crippen LogP contribution in [0.5, 0.6) is 0 Å². The topological polar surface area (TPSA) is 37.4 Å². The Kier molecular flexibility index (Phi) is 5.33. The monoisotopic (exact) mass is 363 g/mol. The Hall–Kier alpha value is -2.72. The maximum Gasteiger partial charge on any atom is 0.254 e. The van der Waals surface area contributed by atoms with E-state index in [1.54, 1.807) is 47.5 Å². The predicted octanol–water partition coefficient (Wildman–Crippen LogP) is 4.87. The first-order valence-electron chi connectivity index (χ1n) is 8.46. The molecule has 26 heavy (non-hydrogen) atoms. The molecule has 3 nitrogen and oxygen atoms in total. The van der Waals surface area contributed by atoms with Crippen molar-refractivity contribution < 1.29 is 9.59 Å². The molecule has 0 N–H and O–H groups in total. The Morgan fingerprint density at radius 2 is 1.65 bits per heavy atom. The summed E-state index contributed by atoms with van der Waals surface area (Å²) in [6, 6.07) is 16.7. The van der Waals surface area contributed by atoms with Crippen LogP contribution in [0.2, 0.25) is 0 Å². The summed E-state index contributed by atoms with van der Waals surface area (Å²) in [4.78, 5) is 28.7. The molecule has 132 valence electrons. The minimum absolute atomic E-state index is 0.124.